The first-order valence-electron chi connectivity index (χ1n) is 6.14. The maximum atomic E-state index is 12.0. The van der Waals surface area contributed by atoms with Crippen LogP contribution >= 0.6 is 22.9 Å². The lowest BCUT2D eigenvalue weighted by Gasteiger charge is -2.19. The Hall–Kier alpha value is -1.59. The largest absolute Gasteiger partial charge is 0.346 e. The van der Waals surface area contributed by atoms with Crippen LogP contribution in [0.1, 0.15) is 31.3 Å². The highest BCUT2D eigenvalue weighted by atomic mass is 35.5. The molecule has 1 amide bonds. The van der Waals surface area contributed by atoms with Gasteiger partial charge < -0.3 is 10.6 Å². The topological polar surface area (TPSA) is 54.0 Å². The Bertz CT molecular complexity index is 619. The molecule has 20 heavy (non-hydrogen) atoms. The number of anilines is 2. The van der Waals surface area contributed by atoms with Crippen LogP contribution in [-0.4, -0.2) is 16.4 Å². The van der Waals surface area contributed by atoms with Crippen molar-refractivity contribution in [3.8, 4) is 0 Å². The smallest absolute Gasteiger partial charge is 0.271 e. The van der Waals surface area contributed by atoms with E-state index in [0.29, 0.717) is 15.8 Å². The summed E-state index contributed by atoms with van der Waals surface area (Å²) in [7, 11) is 0. The summed E-state index contributed by atoms with van der Waals surface area (Å²) < 4.78 is 0. The Kier molecular flexibility index (Phi) is 4.30. The summed E-state index contributed by atoms with van der Waals surface area (Å²) in [6.07, 6.45) is 0. The zero-order valence-corrected chi connectivity index (χ0v) is 13.1. The van der Waals surface area contributed by atoms with Crippen LogP contribution in [0.15, 0.2) is 29.6 Å². The molecule has 0 aliphatic carbocycles. The van der Waals surface area contributed by atoms with E-state index >= 15 is 0 Å². The van der Waals surface area contributed by atoms with Crippen LogP contribution < -0.4 is 10.6 Å². The molecule has 0 unspecified atom stereocenters. The first-order valence-corrected chi connectivity index (χ1v) is 7.40. The third-order valence-electron chi connectivity index (χ3n) is 2.30. The number of carbonyl (C=O) groups is 1. The highest BCUT2D eigenvalue weighted by Gasteiger charge is 2.17. The number of amides is 1. The second kappa shape index (κ2) is 5.81. The number of carbonyl (C=O) groups excluding carboxylic acids is 1. The molecule has 0 saturated heterocycles. The van der Waals surface area contributed by atoms with Crippen LogP contribution in [0.5, 0.6) is 0 Å². The first-order chi connectivity index (χ1) is 9.33. The first kappa shape index (κ1) is 14.8. The van der Waals surface area contributed by atoms with Gasteiger partial charge >= 0.3 is 0 Å². The summed E-state index contributed by atoms with van der Waals surface area (Å²) in [5.74, 6) is -0.173. The average Bonchev–Trinajstić information content (AvgIpc) is 2.75. The average molecular weight is 310 g/mol. The van der Waals surface area contributed by atoms with Crippen molar-refractivity contribution in [3.05, 3.63) is 40.4 Å². The molecule has 0 saturated carbocycles. The van der Waals surface area contributed by atoms with Gasteiger partial charge in [-0.05, 0) is 39.0 Å². The summed E-state index contributed by atoms with van der Waals surface area (Å²) in [5.41, 5.74) is 0.977. The van der Waals surface area contributed by atoms with Gasteiger partial charge in [0.05, 0.1) is 0 Å². The minimum Gasteiger partial charge on any atom is -0.346 e. The number of nitrogens with zero attached hydrogens (tertiary/aromatic N) is 1. The third kappa shape index (κ3) is 4.21. The summed E-state index contributed by atoms with van der Waals surface area (Å²) in [5, 5.41) is 9.04. The number of hydrogen-bond donors (Lipinski definition) is 2. The molecule has 0 atom stereocenters. The molecule has 0 fully saturated rings. The minimum atomic E-state index is -0.277. The van der Waals surface area contributed by atoms with Crippen LogP contribution in [0, 0.1) is 0 Å². The molecule has 4 nitrogen and oxygen atoms in total. The zero-order chi connectivity index (χ0) is 14.8. The number of aromatic nitrogens is 1. The van der Waals surface area contributed by atoms with E-state index in [0.717, 1.165) is 5.69 Å². The molecule has 1 aromatic carbocycles. The highest BCUT2D eigenvalue weighted by Crippen LogP contribution is 2.23. The normalized spacial score (nSPS) is 11.2. The van der Waals surface area contributed by atoms with Crippen molar-refractivity contribution in [2.45, 2.75) is 26.3 Å². The van der Waals surface area contributed by atoms with E-state index in [1.165, 1.54) is 11.3 Å². The van der Waals surface area contributed by atoms with Crippen molar-refractivity contribution in [3.63, 3.8) is 0 Å². The van der Waals surface area contributed by atoms with Crippen molar-refractivity contribution in [2.24, 2.45) is 0 Å². The minimum absolute atomic E-state index is 0.173. The molecule has 0 aliphatic heterocycles. The van der Waals surface area contributed by atoms with E-state index < -0.39 is 0 Å². The number of hydrogen-bond acceptors (Lipinski definition) is 4. The van der Waals surface area contributed by atoms with Gasteiger partial charge in [-0.2, -0.15) is 0 Å². The number of nitrogens with one attached hydrogen (secondary N) is 2. The summed E-state index contributed by atoms with van der Waals surface area (Å²) in [4.78, 5) is 16.2. The molecule has 2 aromatic rings. The molecule has 2 rings (SSSR count). The predicted molar refractivity (Wildman–Crippen MR) is 84.1 cm³/mol. The number of halogens is 1. The lowest BCUT2D eigenvalue weighted by Crippen LogP contribution is -2.40. The van der Waals surface area contributed by atoms with Crippen LogP contribution in [0.4, 0.5) is 10.8 Å². The quantitative estimate of drug-likeness (QED) is 0.898. The Labute approximate surface area is 127 Å². The molecule has 2 N–H and O–H groups in total. The molecule has 0 aliphatic rings. The van der Waals surface area contributed by atoms with Gasteiger partial charge in [0.2, 0.25) is 0 Å². The van der Waals surface area contributed by atoms with Crippen LogP contribution in [0.2, 0.25) is 5.02 Å². The molecule has 0 spiro atoms. The van der Waals surface area contributed by atoms with Gasteiger partial charge in [0.1, 0.15) is 5.69 Å². The van der Waals surface area contributed by atoms with E-state index in [4.69, 9.17) is 11.6 Å². The summed E-state index contributed by atoms with van der Waals surface area (Å²) >= 11 is 7.30. The fourth-order valence-electron chi connectivity index (χ4n) is 1.53. The van der Waals surface area contributed by atoms with Crippen molar-refractivity contribution in [1.82, 2.24) is 10.3 Å². The molecule has 106 valence electrons. The molecular weight excluding hydrogens is 294 g/mol. The van der Waals surface area contributed by atoms with Crippen molar-refractivity contribution in [1.29, 1.82) is 0 Å². The molecule has 0 bridgehead atoms. The van der Waals surface area contributed by atoms with Crippen molar-refractivity contribution < 1.29 is 4.79 Å². The van der Waals surface area contributed by atoms with E-state index in [2.05, 4.69) is 15.6 Å². The summed E-state index contributed by atoms with van der Waals surface area (Å²) in [6.45, 7) is 5.80. The second-order valence-corrected chi connectivity index (χ2v) is 6.67. The van der Waals surface area contributed by atoms with Gasteiger partial charge in [0.15, 0.2) is 5.13 Å². The Morgan fingerprint density at radius 2 is 2.10 bits per heavy atom. The molecule has 1 aromatic heterocycles. The third-order valence-corrected chi connectivity index (χ3v) is 3.29. The number of thiazole rings is 1. The Balaban J connectivity index is 2.07. The van der Waals surface area contributed by atoms with E-state index in [1.807, 2.05) is 32.9 Å². The highest BCUT2D eigenvalue weighted by molar-refractivity contribution is 7.14. The number of rotatable bonds is 3. The fourth-order valence-corrected chi connectivity index (χ4v) is 2.43. The van der Waals surface area contributed by atoms with Crippen LogP contribution in [0.3, 0.4) is 0 Å². The zero-order valence-electron chi connectivity index (χ0n) is 11.5. The maximum Gasteiger partial charge on any atom is 0.271 e. The van der Waals surface area contributed by atoms with Crippen molar-refractivity contribution in [2.75, 3.05) is 5.32 Å². The standard InChI is InChI=1S/C14H16ClN3OS/c1-14(2,3)18-12(19)11-8-20-13(17-11)16-10-6-4-5-9(15)7-10/h4-8H,1-3H3,(H,16,17)(H,18,19). The molecule has 0 radical (unpaired) electrons. The lowest BCUT2D eigenvalue weighted by atomic mass is 10.1. The monoisotopic (exact) mass is 309 g/mol. The Morgan fingerprint density at radius 3 is 2.75 bits per heavy atom. The number of benzene rings is 1. The SMILES string of the molecule is CC(C)(C)NC(=O)c1csc(Nc2cccc(Cl)c2)n1. The van der Waals surface area contributed by atoms with E-state index in [9.17, 15) is 4.79 Å². The van der Waals surface area contributed by atoms with Gasteiger partial charge in [-0.25, -0.2) is 4.98 Å². The predicted octanol–water partition coefficient (Wildman–Crippen LogP) is 4.07. The van der Waals surface area contributed by atoms with Crippen molar-refractivity contribution >= 4 is 39.7 Å². The Morgan fingerprint density at radius 1 is 1.35 bits per heavy atom. The molecular formula is C14H16ClN3OS. The fraction of sp³-hybridized carbons (Fsp3) is 0.286. The van der Waals surface area contributed by atoms with E-state index in [1.54, 1.807) is 17.5 Å². The molecule has 1 heterocycles. The van der Waals surface area contributed by atoms with Crippen LogP contribution in [-0.2, 0) is 0 Å². The second-order valence-electron chi connectivity index (χ2n) is 5.38. The van der Waals surface area contributed by atoms with Gasteiger partial charge in [-0.1, -0.05) is 17.7 Å². The maximum absolute atomic E-state index is 12.0. The van der Waals surface area contributed by atoms with Gasteiger partial charge in [-0.3, -0.25) is 4.79 Å². The lowest BCUT2D eigenvalue weighted by molar-refractivity contribution is 0.0915. The van der Waals surface area contributed by atoms with E-state index in [-0.39, 0.29) is 11.4 Å². The van der Waals surface area contributed by atoms with Gasteiger partial charge in [-0.15, -0.1) is 11.3 Å². The summed E-state index contributed by atoms with van der Waals surface area (Å²) in [6, 6.07) is 7.35. The van der Waals surface area contributed by atoms with Gasteiger partial charge in [0, 0.05) is 21.6 Å². The van der Waals surface area contributed by atoms with Crippen LogP contribution in [0.25, 0.3) is 0 Å². The molecule has 6 heteroatoms. The van der Waals surface area contributed by atoms with Gasteiger partial charge in [0.25, 0.3) is 5.91 Å².